The van der Waals surface area contributed by atoms with E-state index in [1.165, 1.54) is 11.1 Å². The lowest BCUT2D eigenvalue weighted by Gasteiger charge is -2.30. The summed E-state index contributed by atoms with van der Waals surface area (Å²) in [6.45, 7) is 3.12. The maximum absolute atomic E-state index is 6.32. The van der Waals surface area contributed by atoms with Gasteiger partial charge >= 0.3 is 0 Å². The summed E-state index contributed by atoms with van der Waals surface area (Å²) in [5.74, 6) is 1.72. The summed E-state index contributed by atoms with van der Waals surface area (Å²) in [5.41, 5.74) is 5.92. The number of fused-ring (bicyclic) bond motifs is 2. The molecule has 0 saturated heterocycles. The monoisotopic (exact) mass is 440 g/mol. The molecule has 5 rings (SSSR count). The Morgan fingerprint density at radius 3 is 2.67 bits per heavy atom. The maximum atomic E-state index is 6.32. The molecule has 0 bridgehead atoms. The van der Waals surface area contributed by atoms with Crippen LogP contribution in [0.15, 0.2) is 54.6 Å². The minimum atomic E-state index is -0.0313. The molecule has 2 aliphatic rings. The average molecular weight is 441 g/mol. The predicted octanol–water partition coefficient (Wildman–Crippen LogP) is 5.76. The zero-order valence-electron chi connectivity index (χ0n) is 16.4. The summed E-state index contributed by atoms with van der Waals surface area (Å²) in [7, 11) is 0. The molecule has 2 N–H and O–H groups in total. The fourth-order valence-electron chi connectivity index (χ4n) is 3.90. The first-order valence-electron chi connectivity index (χ1n) is 10.1. The van der Waals surface area contributed by atoms with Crippen molar-refractivity contribution in [2.75, 3.05) is 18.4 Å². The van der Waals surface area contributed by atoms with Gasteiger partial charge in [-0.05, 0) is 71.6 Å². The topological polar surface area (TPSA) is 42.5 Å². The van der Waals surface area contributed by atoms with E-state index in [1.54, 1.807) is 6.07 Å². The van der Waals surface area contributed by atoms with Crippen molar-refractivity contribution >= 4 is 28.9 Å². The van der Waals surface area contributed by atoms with Gasteiger partial charge in [0, 0.05) is 6.54 Å². The van der Waals surface area contributed by atoms with Gasteiger partial charge in [0.05, 0.1) is 22.3 Å². The molecule has 0 aromatic heterocycles. The Balaban J connectivity index is 1.25. The molecular weight excluding hydrogens is 419 g/mol. The number of nitrogens with one attached hydrogen (secondary N) is 2. The summed E-state index contributed by atoms with van der Waals surface area (Å²) in [5, 5.41) is 8.04. The maximum Gasteiger partial charge on any atom is 0.143 e. The van der Waals surface area contributed by atoms with Gasteiger partial charge in [-0.3, -0.25) is 0 Å². The number of benzene rings is 3. The van der Waals surface area contributed by atoms with E-state index in [0.717, 1.165) is 54.4 Å². The van der Waals surface area contributed by atoms with E-state index in [2.05, 4.69) is 34.9 Å². The Hall–Kier alpha value is -2.40. The van der Waals surface area contributed by atoms with Gasteiger partial charge in [-0.2, -0.15) is 0 Å². The van der Waals surface area contributed by atoms with Crippen LogP contribution in [-0.2, 0) is 19.6 Å². The van der Waals surface area contributed by atoms with Gasteiger partial charge in [-0.1, -0.05) is 41.4 Å². The molecule has 0 saturated carbocycles. The number of hydrogen-bond donors (Lipinski definition) is 2. The molecule has 0 unspecified atom stereocenters. The van der Waals surface area contributed by atoms with E-state index >= 15 is 0 Å². The molecule has 6 heteroatoms. The molecule has 3 aromatic rings. The Kier molecular flexibility index (Phi) is 5.47. The number of anilines is 1. The number of ether oxygens (including phenoxy) is 2. The second-order valence-electron chi connectivity index (χ2n) is 7.64. The fraction of sp³-hybridized carbons (Fsp3) is 0.250. The average Bonchev–Trinajstić information content (AvgIpc) is 2.78. The van der Waals surface area contributed by atoms with E-state index in [-0.39, 0.29) is 6.10 Å². The lowest BCUT2D eigenvalue weighted by molar-refractivity contribution is 0.210. The highest BCUT2D eigenvalue weighted by molar-refractivity contribution is 6.42. The third-order valence-corrected chi connectivity index (χ3v) is 6.32. The van der Waals surface area contributed by atoms with E-state index in [1.807, 2.05) is 24.3 Å². The van der Waals surface area contributed by atoms with Gasteiger partial charge < -0.3 is 20.1 Å². The van der Waals surface area contributed by atoms with E-state index < -0.39 is 0 Å². The lowest BCUT2D eigenvalue weighted by atomic mass is 9.98. The second-order valence-corrected chi connectivity index (χ2v) is 8.45. The van der Waals surface area contributed by atoms with Crippen molar-refractivity contribution in [2.24, 2.45) is 0 Å². The first-order valence-corrected chi connectivity index (χ1v) is 10.8. The smallest absolute Gasteiger partial charge is 0.143 e. The van der Waals surface area contributed by atoms with E-state index in [9.17, 15) is 0 Å². The molecule has 0 fully saturated rings. The standard InChI is InChI=1S/C24H22Cl2N2O2/c25-20-6-1-15(9-21(20)26)14-29-19-4-2-16(3-5-19)24-13-28-22-10-17-7-8-27-12-18(17)11-23(22)30-24/h1-6,9-11,24,27-28H,7-8,12-14H2/t24-/m1/s1. The van der Waals surface area contributed by atoms with Crippen LogP contribution in [0.1, 0.15) is 28.4 Å². The highest BCUT2D eigenvalue weighted by Crippen LogP contribution is 2.37. The Morgan fingerprint density at radius 2 is 1.83 bits per heavy atom. The zero-order chi connectivity index (χ0) is 20.5. The van der Waals surface area contributed by atoms with Crippen LogP contribution < -0.4 is 20.1 Å². The van der Waals surface area contributed by atoms with Crippen molar-refractivity contribution in [3.05, 3.63) is 86.9 Å². The van der Waals surface area contributed by atoms with Crippen molar-refractivity contribution in [3.8, 4) is 11.5 Å². The van der Waals surface area contributed by atoms with Crippen LogP contribution in [-0.4, -0.2) is 13.1 Å². The largest absolute Gasteiger partial charge is 0.489 e. The van der Waals surface area contributed by atoms with E-state index in [0.29, 0.717) is 16.7 Å². The SMILES string of the molecule is Clc1ccc(COc2ccc([C@H]3CNc4cc5c(cc4O3)CNCC5)cc2)cc1Cl. The van der Waals surface area contributed by atoms with Crippen LogP contribution in [0.4, 0.5) is 5.69 Å². The molecule has 0 spiro atoms. The molecule has 0 radical (unpaired) electrons. The van der Waals surface area contributed by atoms with Gasteiger partial charge in [0.2, 0.25) is 0 Å². The first-order chi connectivity index (χ1) is 14.7. The molecule has 4 nitrogen and oxygen atoms in total. The van der Waals surface area contributed by atoms with Crippen LogP contribution >= 0.6 is 23.2 Å². The molecule has 30 heavy (non-hydrogen) atoms. The normalized spacial score (nSPS) is 17.3. The van der Waals surface area contributed by atoms with Crippen LogP contribution in [0.25, 0.3) is 0 Å². The number of hydrogen-bond acceptors (Lipinski definition) is 4. The van der Waals surface area contributed by atoms with Crippen molar-refractivity contribution in [1.29, 1.82) is 0 Å². The quantitative estimate of drug-likeness (QED) is 0.540. The van der Waals surface area contributed by atoms with Gasteiger partial charge in [0.15, 0.2) is 0 Å². The van der Waals surface area contributed by atoms with Gasteiger partial charge in [0.1, 0.15) is 24.2 Å². The minimum Gasteiger partial charge on any atom is -0.489 e. The minimum absolute atomic E-state index is 0.0313. The Bertz CT molecular complexity index is 1070. The van der Waals surface area contributed by atoms with Crippen molar-refractivity contribution in [3.63, 3.8) is 0 Å². The number of rotatable bonds is 4. The van der Waals surface area contributed by atoms with Crippen LogP contribution in [0.2, 0.25) is 10.0 Å². The third-order valence-electron chi connectivity index (χ3n) is 5.58. The molecule has 0 amide bonds. The van der Waals surface area contributed by atoms with Crippen molar-refractivity contribution in [2.45, 2.75) is 25.7 Å². The molecular formula is C24H22Cl2N2O2. The molecule has 1 atom stereocenters. The zero-order valence-corrected chi connectivity index (χ0v) is 17.9. The summed E-state index contributed by atoms with van der Waals surface area (Å²) >= 11 is 12.0. The molecule has 3 aromatic carbocycles. The summed E-state index contributed by atoms with van der Waals surface area (Å²) < 4.78 is 12.2. The van der Waals surface area contributed by atoms with Gasteiger partial charge in [0.25, 0.3) is 0 Å². The van der Waals surface area contributed by atoms with Gasteiger partial charge in [-0.15, -0.1) is 0 Å². The van der Waals surface area contributed by atoms with Gasteiger partial charge in [-0.25, -0.2) is 0 Å². The van der Waals surface area contributed by atoms with E-state index in [4.69, 9.17) is 32.7 Å². The summed E-state index contributed by atoms with van der Waals surface area (Å²) in [6, 6.07) is 18.0. The molecule has 0 aliphatic carbocycles. The van der Waals surface area contributed by atoms with Crippen molar-refractivity contribution < 1.29 is 9.47 Å². The van der Waals surface area contributed by atoms with Crippen LogP contribution in [0.5, 0.6) is 11.5 Å². The summed E-state index contributed by atoms with van der Waals surface area (Å²) in [6.07, 6.45) is 1.04. The molecule has 2 heterocycles. The van der Waals surface area contributed by atoms with Crippen LogP contribution in [0.3, 0.4) is 0 Å². The number of halogens is 2. The van der Waals surface area contributed by atoms with Crippen LogP contribution in [0, 0.1) is 0 Å². The third kappa shape index (κ3) is 4.08. The molecule has 154 valence electrons. The highest BCUT2D eigenvalue weighted by Gasteiger charge is 2.23. The Morgan fingerprint density at radius 1 is 0.967 bits per heavy atom. The fourth-order valence-corrected chi connectivity index (χ4v) is 4.22. The summed E-state index contributed by atoms with van der Waals surface area (Å²) in [4.78, 5) is 0. The first kappa shape index (κ1) is 19.6. The molecule has 2 aliphatic heterocycles. The second kappa shape index (κ2) is 8.38. The Labute approximate surface area is 186 Å². The highest BCUT2D eigenvalue weighted by atomic mass is 35.5. The van der Waals surface area contributed by atoms with Crippen molar-refractivity contribution in [1.82, 2.24) is 5.32 Å². The lowest BCUT2D eigenvalue weighted by Crippen LogP contribution is -2.27. The predicted molar refractivity (Wildman–Crippen MR) is 121 cm³/mol.